The average molecular weight is 267 g/mol. The van der Waals surface area contributed by atoms with Crippen LogP contribution in [0, 0.1) is 0 Å². The van der Waals surface area contributed by atoms with Gasteiger partial charge >= 0.3 is 0 Å². The lowest BCUT2D eigenvalue weighted by Gasteiger charge is -2.18. The van der Waals surface area contributed by atoms with Crippen molar-refractivity contribution in [1.82, 2.24) is 15.5 Å². The molecule has 20 heavy (non-hydrogen) atoms. The highest BCUT2D eigenvalue weighted by Gasteiger charge is 2.18. The second kappa shape index (κ2) is 4.61. The zero-order valence-electron chi connectivity index (χ0n) is 10.8. The van der Waals surface area contributed by atoms with Crippen molar-refractivity contribution in [2.45, 2.75) is 13.0 Å². The Labute approximate surface area is 115 Å². The molecule has 1 aliphatic rings. The van der Waals surface area contributed by atoms with Crippen molar-refractivity contribution < 1.29 is 8.94 Å². The van der Waals surface area contributed by atoms with E-state index in [-0.39, 0.29) is 0 Å². The molecule has 4 rings (SSSR count). The SMILES string of the molecule is c1coc(-c2noc(-c3cccc4c3CCNC4)n2)c1. The van der Waals surface area contributed by atoms with Crippen LogP contribution in [0.5, 0.6) is 0 Å². The Balaban J connectivity index is 1.78. The normalized spacial score (nSPS) is 14.2. The molecule has 3 aromatic rings. The maximum absolute atomic E-state index is 5.40. The molecule has 1 N–H and O–H groups in total. The van der Waals surface area contributed by atoms with Crippen LogP contribution in [0.3, 0.4) is 0 Å². The fourth-order valence-electron chi connectivity index (χ4n) is 2.57. The zero-order valence-corrected chi connectivity index (χ0v) is 10.8. The van der Waals surface area contributed by atoms with E-state index in [1.807, 2.05) is 18.2 Å². The van der Waals surface area contributed by atoms with Crippen molar-refractivity contribution in [1.29, 1.82) is 0 Å². The highest BCUT2D eigenvalue weighted by atomic mass is 16.5. The second-order valence-electron chi connectivity index (χ2n) is 4.77. The van der Waals surface area contributed by atoms with Crippen LogP contribution in [0.1, 0.15) is 11.1 Å². The minimum atomic E-state index is 0.483. The third kappa shape index (κ3) is 1.83. The standard InChI is InChI=1S/C15H13N3O2/c1-3-10-9-16-7-6-11(10)12(4-1)15-17-14(18-20-15)13-5-2-8-19-13/h1-5,8,16H,6-7,9H2. The first-order valence-electron chi connectivity index (χ1n) is 6.61. The molecule has 0 fully saturated rings. The van der Waals surface area contributed by atoms with Crippen LogP contribution in [0.15, 0.2) is 45.5 Å². The highest BCUT2D eigenvalue weighted by molar-refractivity contribution is 5.63. The summed E-state index contributed by atoms with van der Waals surface area (Å²) in [5, 5.41) is 7.35. The molecule has 0 radical (unpaired) electrons. The molecule has 0 unspecified atom stereocenters. The summed E-state index contributed by atoms with van der Waals surface area (Å²) in [4.78, 5) is 4.44. The summed E-state index contributed by atoms with van der Waals surface area (Å²) in [5.74, 6) is 1.65. The lowest BCUT2D eigenvalue weighted by Crippen LogP contribution is -2.24. The molecule has 0 atom stereocenters. The van der Waals surface area contributed by atoms with E-state index in [0.29, 0.717) is 17.5 Å². The van der Waals surface area contributed by atoms with E-state index in [0.717, 1.165) is 25.1 Å². The van der Waals surface area contributed by atoms with Crippen LogP contribution in [0.4, 0.5) is 0 Å². The molecule has 2 aromatic heterocycles. The maximum Gasteiger partial charge on any atom is 0.258 e. The van der Waals surface area contributed by atoms with Crippen molar-refractivity contribution in [2.24, 2.45) is 0 Å². The molecule has 1 aliphatic heterocycles. The predicted molar refractivity (Wildman–Crippen MR) is 72.8 cm³/mol. The van der Waals surface area contributed by atoms with Crippen LogP contribution < -0.4 is 5.32 Å². The molecule has 1 aromatic carbocycles. The minimum Gasteiger partial charge on any atom is -0.461 e. The van der Waals surface area contributed by atoms with Crippen LogP contribution in [0.2, 0.25) is 0 Å². The van der Waals surface area contributed by atoms with Crippen molar-refractivity contribution in [3.05, 3.63) is 47.7 Å². The van der Waals surface area contributed by atoms with Gasteiger partial charge in [-0.1, -0.05) is 17.3 Å². The lowest BCUT2D eigenvalue weighted by atomic mass is 9.95. The summed E-state index contributed by atoms with van der Waals surface area (Å²) in [7, 11) is 0. The van der Waals surface area contributed by atoms with Crippen LogP contribution in [0.25, 0.3) is 23.0 Å². The van der Waals surface area contributed by atoms with Crippen LogP contribution in [-0.4, -0.2) is 16.7 Å². The van der Waals surface area contributed by atoms with Gasteiger partial charge in [0.25, 0.3) is 5.89 Å². The number of hydrogen-bond donors (Lipinski definition) is 1. The molecule has 5 nitrogen and oxygen atoms in total. The first-order chi connectivity index (χ1) is 9.92. The van der Waals surface area contributed by atoms with E-state index in [1.165, 1.54) is 11.1 Å². The number of rotatable bonds is 2. The smallest absolute Gasteiger partial charge is 0.258 e. The second-order valence-corrected chi connectivity index (χ2v) is 4.77. The van der Waals surface area contributed by atoms with E-state index in [4.69, 9.17) is 8.94 Å². The van der Waals surface area contributed by atoms with Crippen molar-refractivity contribution in [3.8, 4) is 23.0 Å². The molecule has 0 saturated heterocycles. The third-order valence-electron chi connectivity index (χ3n) is 3.54. The van der Waals surface area contributed by atoms with E-state index in [9.17, 15) is 0 Å². The molecule has 0 aliphatic carbocycles. The van der Waals surface area contributed by atoms with Gasteiger partial charge in [0.2, 0.25) is 5.82 Å². The topological polar surface area (TPSA) is 64.1 Å². The highest BCUT2D eigenvalue weighted by Crippen LogP contribution is 2.28. The quantitative estimate of drug-likeness (QED) is 0.773. The van der Waals surface area contributed by atoms with Gasteiger partial charge in [-0.2, -0.15) is 4.98 Å². The number of benzene rings is 1. The average Bonchev–Trinajstić information content (AvgIpc) is 3.17. The van der Waals surface area contributed by atoms with Gasteiger partial charge in [0.1, 0.15) is 0 Å². The van der Waals surface area contributed by atoms with Gasteiger partial charge in [0, 0.05) is 12.1 Å². The van der Waals surface area contributed by atoms with Gasteiger partial charge in [-0.15, -0.1) is 0 Å². The number of fused-ring (bicyclic) bond motifs is 1. The van der Waals surface area contributed by atoms with Gasteiger partial charge in [-0.05, 0) is 42.3 Å². The Morgan fingerprint density at radius 3 is 3.05 bits per heavy atom. The first kappa shape index (κ1) is 11.4. The van der Waals surface area contributed by atoms with Gasteiger partial charge in [0.15, 0.2) is 5.76 Å². The molecule has 0 bridgehead atoms. The summed E-state index contributed by atoms with van der Waals surface area (Å²) in [6, 6.07) is 9.82. The molecular formula is C15H13N3O2. The lowest BCUT2D eigenvalue weighted by molar-refractivity contribution is 0.429. The van der Waals surface area contributed by atoms with Crippen LogP contribution in [-0.2, 0) is 13.0 Å². The van der Waals surface area contributed by atoms with Gasteiger partial charge in [-0.3, -0.25) is 0 Å². The van der Waals surface area contributed by atoms with Crippen molar-refractivity contribution in [3.63, 3.8) is 0 Å². The Kier molecular flexibility index (Phi) is 2.63. The molecule has 3 heterocycles. The zero-order chi connectivity index (χ0) is 13.4. The largest absolute Gasteiger partial charge is 0.461 e. The van der Waals surface area contributed by atoms with Crippen molar-refractivity contribution >= 4 is 0 Å². The number of aromatic nitrogens is 2. The Hall–Kier alpha value is -2.40. The maximum atomic E-state index is 5.40. The molecule has 100 valence electrons. The summed E-state index contributed by atoms with van der Waals surface area (Å²) in [5.41, 5.74) is 3.61. The Bertz CT molecular complexity index is 731. The third-order valence-corrected chi connectivity index (χ3v) is 3.54. The van der Waals surface area contributed by atoms with E-state index >= 15 is 0 Å². The van der Waals surface area contributed by atoms with E-state index in [2.05, 4.69) is 21.5 Å². The summed E-state index contributed by atoms with van der Waals surface area (Å²) in [6.45, 7) is 1.87. The monoisotopic (exact) mass is 267 g/mol. The van der Waals surface area contributed by atoms with E-state index < -0.39 is 0 Å². The molecular weight excluding hydrogens is 254 g/mol. The number of hydrogen-bond acceptors (Lipinski definition) is 5. The van der Waals surface area contributed by atoms with E-state index in [1.54, 1.807) is 12.3 Å². The predicted octanol–water partition coefficient (Wildman–Crippen LogP) is 2.64. The van der Waals surface area contributed by atoms with Gasteiger partial charge < -0.3 is 14.3 Å². The molecule has 0 spiro atoms. The molecule has 0 saturated carbocycles. The first-order valence-corrected chi connectivity index (χ1v) is 6.61. The van der Waals surface area contributed by atoms with Gasteiger partial charge in [0.05, 0.1) is 6.26 Å². The summed E-state index contributed by atoms with van der Waals surface area (Å²) in [6.07, 6.45) is 2.57. The minimum absolute atomic E-state index is 0.483. The van der Waals surface area contributed by atoms with Gasteiger partial charge in [-0.25, -0.2) is 0 Å². The number of furan rings is 1. The Morgan fingerprint density at radius 1 is 1.15 bits per heavy atom. The molecule has 5 heteroatoms. The van der Waals surface area contributed by atoms with Crippen molar-refractivity contribution in [2.75, 3.05) is 6.54 Å². The Morgan fingerprint density at radius 2 is 2.15 bits per heavy atom. The molecule has 0 amide bonds. The summed E-state index contributed by atoms with van der Waals surface area (Å²) >= 11 is 0. The number of nitrogens with one attached hydrogen (secondary N) is 1. The fourth-order valence-corrected chi connectivity index (χ4v) is 2.57. The van der Waals surface area contributed by atoms with Crippen LogP contribution >= 0.6 is 0 Å². The summed E-state index contributed by atoms with van der Waals surface area (Å²) < 4.78 is 10.7. The fraction of sp³-hybridized carbons (Fsp3) is 0.200. The number of nitrogens with zero attached hydrogens (tertiary/aromatic N) is 2.